The summed E-state index contributed by atoms with van der Waals surface area (Å²) < 4.78 is 7.16. The Bertz CT molecular complexity index is 838. The van der Waals surface area contributed by atoms with E-state index in [0.717, 1.165) is 4.47 Å². The second kappa shape index (κ2) is 6.45. The third kappa shape index (κ3) is 2.78. The van der Waals surface area contributed by atoms with Gasteiger partial charge >= 0.3 is 5.97 Å². The highest BCUT2D eigenvalue weighted by Crippen LogP contribution is 2.30. The molecule has 1 unspecified atom stereocenters. The molecule has 7 nitrogen and oxygen atoms in total. The van der Waals surface area contributed by atoms with E-state index in [1.807, 2.05) is 30.3 Å². The minimum atomic E-state index is -0.540. The Balaban J connectivity index is 2.03. The van der Waals surface area contributed by atoms with E-state index in [1.54, 1.807) is 0 Å². The van der Waals surface area contributed by atoms with Crippen LogP contribution in [0.15, 0.2) is 34.9 Å². The number of aromatic nitrogens is 2. The van der Waals surface area contributed by atoms with Crippen LogP contribution in [0.25, 0.3) is 5.69 Å². The molecule has 0 radical (unpaired) electrons. The van der Waals surface area contributed by atoms with Crippen molar-refractivity contribution in [1.29, 1.82) is 5.26 Å². The molecule has 3 rings (SSSR count). The minimum Gasteiger partial charge on any atom is -0.469 e. The number of carbonyl (C=O) groups excluding carboxylic acids is 2. The molecular weight excluding hydrogens is 376 g/mol. The summed E-state index contributed by atoms with van der Waals surface area (Å²) in [5.74, 6) is -0.835. The molecule has 0 N–H and O–H groups in total. The lowest BCUT2D eigenvalue weighted by atomic mass is 10.1. The van der Waals surface area contributed by atoms with E-state index >= 15 is 0 Å². The van der Waals surface area contributed by atoms with Crippen molar-refractivity contribution in [3.05, 3.63) is 40.5 Å². The predicted octanol–water partition coefficient (Wildman–Crippen LogP) is 2.03. The number of nitriles is 1. The van der Waals surface area contributed by atoms with Crippen molar-refractivity contribution in [1.82, 2.24) is 9.78 Å². The highest BCUT2D eigenvalue weighted by atomic mass is 79.9. The maximum Gasteiger partial charge on any atom is 0.311 e. The molecule has 1 atom stereocenters. The van der Waals surface area contributed by atoms with Crippen LogP contribution >= 0.6 is 15.9 Å². The zero-order valence-corrected chi connectivity index (χ0v) is 14.4. The number of hydrogen-bond acceptors (Lipinski definition) is 5. The second-order valence-electron chi connectivity index (χ2n) is 5.31. The molecule has 122 valence electrons. The van der Waals surface area contributed by atoms with Crippen LogP contribution in [0, 0.1) is 17.2 Å². The topological polar surface area (TPSA) is 88.2 Å². The van der Waals surface area contributed by atoms with Crippen LogP contribution in [0.5, 0.6) is 0 Å². The number of anilines is 1. The van der Waals surface area contributed by atoms with E-state index < -0.39 is 11.9 Å². The molecule has 0 aliphatic carbocycles. The molecule has 0 spiro atoms. The third-order valence-electron chi connectivity index (χ3n) is 3.85. The Labute approximate surface area is 146 Å². The largest absolute Gasteiger partial charge is 0.469 e. The average Bonchev–Trinajstić information content (AvgIpc) is 3.17. The van der Waals surface area contributed by atoms with Crippen LogP contribution in [0.4, 0.5) is 5.82 Å². The van der Waals surface area contributed by atoms with Crippen LogP contribution in [0.3, 0.4) is 0 Å². The fourth-order valence-corrected chi connectivity index (χ4v) is 2.95. The number of nitrogens with zero attached hydrogens (tertiary/aromatic N) is 4. The molecule has 0 bridgehead atoms. The van der Waals surface area contributed by atoms with E-state index in [-0.39, 0.29) is 24.4 Å². The number of methoxy groups -OCH3 is 1. The van der Waals surface area contributed by atoms with Crippen LogP contribution in [-0.2, 0) is 14.3 Å². The van der Waals surface area contributed by atoms with E-state index in [1.165, 1.54) is 22.9 Å². The van der Waals surface area contributed by atoms with Gasteiger partial charge in [0.25, 0.3) is 0 Å². The predicted molar refractivity (Wildman–Crippen MR) is 88.5 cm³/mol. The van der Waals surface area contributed by atoms with Crippen molar-refractivity contribution in [2.24, 2.45) is 5.92 Å². The molecule has 1 amide bonds. The van der Waals surface area contributed by atoms with Gasteiger partial charge in [0.2, 0.25) is 5.91 Å². The first-order valence-corrected chi connectivity index (χ1v) is 7.96. The van der Waals surface area contributed by atoms with Crippen molar-refractivity contribution in [3.63, 3.8) is 0 Å². The van der Waals surface area contributed by atoms with Gasteiger partial charge < -0.3 is 4.74 Å². The number of amides is 1. The molecule has 8 heteroatoms. The van der Waals surface area contributed by atoms with Gasteiger partial charge in [-0.25, -0.2) is 4.68 Å². The Kier molecular flexibility index (Phi) is 4.36. The van der Waals surface area contributed by atoms with E-state index in [9.17, 15) is 14.9 Å². The number of ether oxygens (including phenoxy) is 1. The molecule has 1 aromatic heterocycles. The van der Waals surface area contributed by atoms with Gasteiger partial charge in [0.05, 0.1) is 24.9 Å². The lowest BCUT2D eigenvalue weighted by molar-refractivity contribution is -0.145. The smallest absolute Gasteiger partial charge is 0.311 e. The number of rotatable bonds is 3. The molecular formula is C16H13BrN4O3. The lowest BCUT2D eigenvalue weighted by Crippen LogP contribution is -2.29. The van der Waals surface area contributed by atoms with Gasteiger partial charge in [-0.15, -0.1) is 0 Å². The number of carbonyl (C=O) groups is 2. The standard InChI is InChI=1S/C16H13BrN4O3/c1-24-16(23)10-6-14(22)20(9-10)15-11(7-18)8-19-21(15)13-4-2-12(17)3-5-13/h2-5,8,10H,6,9H2,1H3. The van der Waals surface area contributed by atoms with Crippen LogP contribution in [-0.4, -0.2) is 35.3 Å². The quantitative estimate of drug-likeness (QED) is 0.750. The van der Waals surface area contributed by atoms with Gasteiger partial charge in [-0.1, -0.05) is 15.9 Å². The second-order valence-corrected chi connectivity index (χ2v) is 6.23. The number of esters is 1. The molecule has 1 aromatic carbocycles. The summed E-state index contributed by atoms with van der Waals surface area (Å²) in [6.45, 7) is 0.169. The number of hydrogen-bond donors (Lipinski definition) is 0. The van der Waals surface area contributed by atoms with Gasteiger partial charge in [-0.05, 0) is 24.3 Å². The van der Waals surface area contributed by atoms with Crippen LogP contribution in [0.1, 0.15) is 12.0 Å². The number of benzene rings is 1. The number of halogens is 1. The minimum absolute atomic E-state index is 0.0586. The monoisotopic (exact) mass is 388 g/mol. The highest BCUT2D eigenvalue weighted by molar-refractivity contribution is 9.10. The summed E-state index contributed by atoms with van der Waals surface area (Å²) in [6, 6.07) is 9.38. The molecule has 1 aliphatic rings. The Hall–Kier alpha value is -2.66. The van der Waals surface area contributed by atoms with Crippen molar-refractivity contribution in [2.75, 3.05) is 18.6 Å². The Morgan fingerprint density at radius 3 is 2.75 bits per heavy atom. The highest BCUT2D eigenvalue weighted by Gasteiger charge is 2.38. The Morgan fingerprint density at radius 1 is 1.42 bits per heavy atom. The third-order valence-corrected chi connectivity index (χ3v) is 4.38. The lowest BCUT2D eigenvalue weighted by Gasteiger charge is -2.18. The van der Waals surface area contributed by atoms with E-state index in [4.69, 9.17) is 4.74 Å². The van der Waals surface area contributed by atoms with Gasteiger partial charge in [0.1, 0.15) is 11.6 Å². The normalized spacial score (nSPS) is 17.0. The average molecular weight is 389 g/mol. The Morgan fingerprint density at radius 2 is 2.12 bits per heavy atom. The molecule has 2 heterocycles. The molecule has 24 heavy (non-hydrogen) atoms. The summed E-state index contributed by atoms with van der Waals surface area (Å²) >= 11 is 3.37. The molecule has 0 saturated carbocycles. The summed E-state index contributed by atoms with van der Waals surface area (Å²) in [4.78, 5) is 25.5. The summed E-state index contributed by atoms with van der Waals surface area (Å²) in [5, 5.41) is 13.6. The summed E-state index contributed by atoms with van der Waals surface area (Å²) in [7, 11) is 1.29. The fraction of sp³-hybridized carbons (Fsp3) is 0.250. The SMILES string of the molecule is COC(=O)C1CC(=O)N(c2c(C#N)cnn2-c2ccc(Br)cc2)C1. The van der Waals surface area contributed by atoms with Gasteiger partial charge in [0, 0.05) is 17.4 Å². The van der Waals surface area contributed by atoms with E-state index in [2.05, 4.69) is 21.0 Å². The van der Waals surface area contributed by atoms with Crippen molar-refractivity contribution < 1.29 is 14.3 Å². The van der Waals surface area contributed by atoms with Crippen LogP contribution < -0.4 is 4.90 Å². The molecule has 1 aliphatic heterocycles. The van der Waals surface area contributed by atoms with Gasteiger partial charge in [0.15, 0.2) is 5.82 Å². The van der Waals surface area contributed by atoms with Gasteiger partial charge in [-0.3, -0.25) is 14.5 Å². The van der Waals surface area contributed by atoms with Crippen LogP contribution in [0.2, 0.25) is 0 Å². The van der Waals surface area contributed by atoms with Gasteiger partial charge in [-0.2, -0.15) is 10.4 Å². The zero-order chi connectivity index (χ0) is 17.3. The van der Waals surface area contributed by atoms with Crippen molar-refractivity contribution >= 4 is 33.6 Å². The maximum atomic E-state index is 12.4. The molecule has 1 saturated heterocycles. The fourth-order valence-electron chi connectivity index (χ4n) is 2.69. The van der Waals surface area contributed by atoms with Crippen molar-refractivity contribution in [3.8, 4) is 11.8 Å². The first kappa shape index (κ1) is 16.2. The zero-order valence-electron chi connectivity index (χ0n) is 12.8. The first-order valence-electron chi connectivity index (χ1n) is 7.17. The summed E-state index contributed by atoms with van der Waals surface area (Å²) in [6.07, 6.45) is 1.47. The summed E-state index contributed by atoms with van der Waals surface area (Å²) in [5.41, 5.74) is 0.987. The van der Waals surface area contributed by atoms with Crippen molar-refractivity contribution in [2.45, 2.75) is 6.42 Å². The maximum absolute atomic E-state index is 12.4. The first-order chi connectivity index (χ1) is 11.5. The molecule has 1 fully saturated rings. The molecule has 2 aromatic rings. The van der Waals surface area contributed by atoms with E-state index in [0.29, 0.717) is 11.5 Å².